The molecule has 4 rings (SSSR count). The van der Waals surface area contributed by atoms with E-state index in [2.05, 4.69) is 58.5 Å². The van der Waals surface area contributed by atoms with Gasteiger partial charge in [-0.2, -0.15) is 5.10 Å². The lowest BCUT2D eigenvalue weighted by Crippen LogP contribution is -2.34. The molecule has 0 saturated carbocycles. The first-order valence-electron chi connectivity index (χ1n) is 9.96. The number of nitrogens with zero attached hydrogens (tertiary/aromatic N) is 5. The van der Waals surface area contributed by atoms with E-state index in [1.54, 1.807) is 0 Å². The van der Waals surface area contributed by atoms with Gasteiger partial charge in [0.25, 0.3) is 0 Å². The van der Waals surface area contributed by atoms with E-state index in [9.17, 15) is 0 Å². The van der Waals surface area contributed by atoms with Gasteiger partial charge in [0, 0.05) is 42.3 Å². The number of fused-ring (bicyclic) bond motifs is 1. The van der Waals surface area contributed by atoms with Gasteiger partial charge in [0.2, 0.25) is 0 Å². The smallest absolute Gasteiger partial charge is 0.160 e. The Morgan fingerprint density at radius 1 is 1.18 bits per heavy atom. The minimum absolute atomic E-state index is 0.470. The minimum atomic E-state index is 0.470. The van der Waals surface area contributed by atoms with Gasteiger partial charge in [-0.25, -0.2) is 9.50 Å². The first-order valence-corrected chi connectivity index (χ1v) is 10.3. The van der Waals surface area contributed by atoms with Gasteiger partial charge in [-0.3, -0.25) is 4.90 Å². The molecule has 28 heavy (non-hydrogen) atoms. The van der Waals surface area contributed by atoms with Crippen LogP contribution in [0.15, 0.2) is 36.5 Å². The molecule has 0 amide bonds. The summed E-state index contributed by atoms with van der Waals surface area (Å²) in [5.41, 5.74) is 5.88. The van der Waals surface area contributed by atoms with E-state index in [4.69, 9.17) is 16.7 Å². The van der Waals surface area contributed by atoms with Crippen molar-refractivity contribution in [1.82, 2.24) is 24.4 Å². The number of hydrogen-bond acceptors (Lipinski definition) is 4. The number of likely N-dealkylation sites (tertiary alicyclic amines) is 1. The van der Waals surface area contributed by atoms with Gasteiger partial charge < -0.3 is 4.90 Å². The van der Waals surface area contributed by atoms with Crippen molar-refractivity contribution >= 4 is 17.2 Å². The van der Waals surface area contributed by atoms with Crippen molar-refractivity contribution in [2.24, 2.45) is 0 Å². The molecule has 1 aliphatic rings. The summed E-state index contributed by atoms with van der Waals surface area (Å²) in [5, 5.41) is 5.65. The molecule has 0 spiro atoms. The zero-order chi connectivity index (χ0) is 19.7. The molecule has 1 aliphatic heterocycles. The number of rotatable bonds is 5. The van der Waals surface area contributed by atoms with Crippen LogP contribution < -0.4 is 0 Å². The predicted molar refractivity (Wildman–Crippen MR) is 114 cm³/mol. The van der Waals surface area contributed by atoms with Crippen LogP contribution in [0.3, 0.4) is 0 Å². The number of benzene rings is 1. The lowest BCUT2D eigenvalue weighted by atomic mass is 9.94. The van der Waals surface area contributed by atoms with E-state index >= 15 is 0 Å². The Hall–Kier alpha value is -1.95. The third-order valence-corrected chi connectivity index (χ3v) is 5.81. The third kappa shape index (κ3) is 4.07. The maximum Gasteiger partial charge on any atom is 0.160 e. The molecule has 0 aliphatic carbocycles. The molecule has 1 saturated heterocycles. The maximum atomic E-state index is 6.03. The van der Waals surface area contributed by atoms with Crippen molar-refractivity contribution in [3.05, 3.63) is 64.1 Å². The summed E-state index contributed by atoms with van der Waals surface area (Å²) in [5.74, 6) is 0.470. The zero-order valence-electron chi connectivity index (χ0n) is 16.9. The fourth-order valence-corrected chi connectivity index (χ4v) is 4.34. The van der Waals surface area contributed by atoms with Gasteiger partial charge in [0.1, 0.15) is 0 Å². The molecular weight excluding hydrogens is 370 g/mol. The average molecular weight is 398 g/mol. The van der Waals surface area contributed by atoms with Crippen molar-refractivity contribution in [2.75, 3.05) is 27.2 Å². The second kappa shape index (κ2) is 8.19. The molecule has 3 heterocycles. The Labute approximate surface area is 171 Å². The first-order chi connectivity index (χ1) is 13.5. The van der Waals surface area contributed by atoms with Gasteiger partial charge in [0.05, 0.1) is 11.4 Å². The number of hydrogen-bond donors (Lipinski definition) is 0. The van der Waals surface area contributed by atoms with Gasteiger partial charge in [0.15, 0.2) is 5.65 Å². The second-order valence-corrected chi connectivity index (χ2v) is 8.54. The summed E-state index contributed by atoms with van der Waals surface area (Å²) in [6.07, 6.45) is 4.34. The maximum absolute atomic E-state index is 6.03. The quantitative estimate of drug-likeness (QED) is 0.648. The number of aromatic nitrogens is 3. The Bertz CT molecular complexity index is 947. The summed E-state index contributed by atoms with van der Waals surface area (Å²) in [7, 11) is 4.17. The standard InChI is InChI=1S/C22H28ClN5/c1-16-20(15-26(2)3)22-24-11-10-21(28(22)25-16)18-5-4-12-27(14-18)13-17-6-8-19(23)9-7-17/h6-11,18H,4-5,12-15H2,1-3H3/t18-/m1/s1. The van der Waals surface area contributed by atoms with Crippen LogP contribution in [0.5, 0.6) is 0 Å². The molecule has 1 aromatic carbocycles. The molecule has 0 unspecified atom stereocenters. The molecular formula is C22H28ClN5. The largest absolute Gasteiger partial charge is 0.305 e. The summed E-state index contributed by atoms with van der Waals surface area (Å²) in [6.45, 7) is 6.09. The van der Waals surface area contributed by atoms with Crippen molar-refractivity contribution in [1.29, 1.82) is 0 Å². The highest BCUT2D eigenvalue weighted by molar-refractivity contribution is 6.30. The van der Waals surface area contributed by atoms with Gasteiger partial charge >= 0.3 is 0 Å². The van der Waals surface area contributed by atoms with Crippen LogP contribution in [0, 0.1) is 6.92 Å². The second-order valence-electron chi connectivity index (χ2n) is 8.11. The summed E-state index contributed by atoms with van der Waals surface area (Å²) < 4.78 is 2.09. The Morgan fingerprint density at radius 2 is 1.96 bits per heavy atom. The fourth-order valence-electron chi connectivity index (χ4n) is 4.21. The molecule has 0 N–H and O–H groups in total. The molecule has 2 aromatic heterocycles. The van der Waals surface area contributed by atoms with Gasteiger partial charge in [-0.15, -0.1) is 0 Å². The normalized spacial score (nSPS) is 18.2. The summed E-state index contributed by atoms with van der Waals surface area (Å²) >= 11 is 6.03. The van der Waals surface area contributed by atoms with Crippen molar-refractivity contribution in [3.63, 3.8) is 0 Å². The monoisotopic (exact) mass is 397 g/mol. The first kappa shape index (κ1) is 19.4. The Balaban J connectivity index is 1.58. The Kier molecular flexibility index (Phi) is 5.67. The predicted octanol–water partition coefficient (Wildman–Crippen LogP) is 4.13. The van der Waals surface area contributed by atoms with Gasteiger partial charge in [-0.1, -0.05) is 23.7 Å². The SMILES string of the molecule is Cc1nn2c([C@@H]3CCCN(Cc4ccc(Cl)cc4)C3)ccnc2c1CN(C)C. The van der Waals surface area contributed by atoms with Crippen LogP contribution in [-0.2, 0) is 13.1 Å². The van der Waals surface area contributed by atoms with Crippen molar-refractivity contribution in [3.8, 4) is 0 Å². The van der Waals surface area contributed by atoms with Gasteiger partial charge in [-0.05, 0) is 64.2 Å². The fraction of sp³-hybridized carbons (Fsp3) is 0.455. The van der Waals surface area contributed by atoms with Crippen LogP contribution in [0.4, 0.5) is 0 Å². The topological polar surface area (TPSA) is 36.7 Å². The van der Waals surface area contributed by atoms with Crippen LogP contribution in [0.25, 0.3) is 5.65 Å². The molecule has 0 radical (unpaired) electrons. The minimum Gasteiger partial charge on any atom is -0.305 e. The molecule has 6 heteroatoms. The molecule has 1 atom stereocenters. The number of aryl methyl sites for hydroxylation is 1. The summed E-state index contributed by atoms with van der Waals surface area (Å²) in [6, 6.07) is 10.4. The number of halogens is 1. The highest BCUT2D eigenvalue weighted by Gasteiger charge is 2.25. The molecule has 0 bridgehead atoms. The van der Waals surface area contributed by atoms with Crippen LogP contribution >= 0.6 is 11.6 Å². The number of piperidine rings is 1. The average Bonchev–Trinajstić information content (AvgIpc) is 2.99. The van der Waals surface area contributed by atoms with E-state index in [-0.39, 0.29) is 0 Å². The highest BCUT2D eigenvalue weighted by atomic mass is 35.5. The van der Waals surface area contributed by atoms with Crippen molar-refractivity contribution in [2.45, 2.75) is 38.8 Å². The third-order valence-electron chi connectivity index (χ3n) is 5.56. The molecule has 3 aromatic rings. The Morgan fingerprint density at radius 3 is 2.71 bits per heavy atom. The lowest BCUT2D eigenvalue weighted by molar-refractivity contribution is 0.197. The van der Waals surface area contributed by atoms with Crippen LogP contribution in [-0.4, -0.2) is 51.6 Å². The lowest BCUT2D eigenvalue weighted by Gasteiger charge is -2.33. The molecule has 5 nitrogen and oxygen atoms in total. The van der Waals surface area contributed by atoms with E-state index in [1.807, 2.05) is 18.3 Å². The van der Waals surface area contributed by atoms with E-state index in [0.717, 1.165) is 42.5 Å². The zero-order valence-corrected chi connectivity index (χ0v) is 17.7. The molecule has 1 fully saturated rings. The van der Waals surface area contributed by atoms with Crippen LogP contribution in [0.2, 0.25) is 5.02 Å². The van der Waals surface area contributed by atoms with E-state index < -0.39 is 0 Å². The van der Waals surface area contributed by atoms with Crippen molar-refractivity contribution < 1.29 is 0 Å². The summed E-state index contributed by atoms with van der Waals surface area (Å²) in [4.78, 5) is 9.37. The van der Waals surface area contributed by atoms with E-state index in [0.29, 0.717) is 5.92 Å². The highest BCUT2D eigenvalue weighted by Crippen LogP contribution is 2.29. The van der Waals surface area contributed by atoms with Crippen LogP contribution in [0.1, 0.15) is 41.3 Å². The molecule has 148 valence electrons. The van der Waals surface area contributed by atoms with E-state index in [1.165, 1.54) is 29.7 Å².